The third-order valence-corrected chi connectivity index (χ3v) is 7.98. The first-order valence-electron chi connectivity index (χ1n) is 13.2. The number of nitrogens with zero attached hydrogens (tertiary/aromatic N) is 6. The van der Waals surface area contributed by atoms with Crippen LogP contribution in [0, 0.1) is 11.6 Å². The molecule has 3 heterocycles. The normalized spacial score (nSPS) is 13.4. The molecule has 1 fully saturated rings. The second kappa shape index (κ2) is 11.9. The summed E-state index contributed by atoms with van der Waals surface area (Å²) in [5.74, 6) is 0.425. The molecule has 0 N–H and O–H groups in total. The van der Waals surface area contributed by atoms with Gasteiger partial charge in [-0.2, -0.15) is 0 Å². The summed E-state index contributed by atoms with van der Waals surface area (Å²) in [5.41, 5.74) is 3.55. The first kappa shape index (κ1) is 26.6. The fourth-order valence-corrected chi connectivity index (χ4v) is 5.85. The first-order chi connectivity index (χ1) is 20.1. The molecule has 10 heteroatoms. The van der Waals surface area contributed by atoms with Crippen LogP contribution in [0.1, 0.15) is 15.9 Å². The quantitative estimate of drug-likeness (QED) is 0.229. The molecular weight excluding hydrogens is 542 g/mol. The Morgan fingerprint density at radius 1 is 0.829 bits per heavy atom. The van der Waals surface area contributed by atoms with Crippen LogP contribution in [0.4, 0.5) is 14.5 Å². The van der Waals surface area contributed by atoms with Gasteiger partial charge >= 0.3 is 0 Å². The first-order valence-corrected chi connectivity index (χ1v) is 14.2. The Morgan fingerprint density at radius 2 is 1.59 bits per heavy atom. The zero-order valence-corrected chi connectivity index (χ0v) is 22.8. The summed E-state index contributed by atoms with van der Waals surface area (Å²) in [6.45, 7) is 2.12. The van der Waals surface area contributed by atoms with Gasteiger partial charge in [0.1, 0.15) is 11.6 Å². The summed E-state index contributed by atoms with van der Waals surface area (Å²) in [6.07, 6.45) is 3.39. The molecule has 1 saturated heterocycles. The van der Waals surface area contributed by atoms with E-state index in [1.165, 1.54) is 30.0 Å². The highest BCUT2D eigenvalue weighted by Gasteiger charge is 2.25. The molecule has 0 unspecified atom stereocenters. The van der Waals surface area contributed by atoms with Crippen molar-refractivity contribution in [1.29, 1.82) is 0 Å². The van der Waals surface area contributed by atoms with Crippen molar-refractivity contribution < 1.29 is 13.6 Å². The maximum absolute atomic E-state index is 14.3. The number of benzene rings is 3. The van der Waals surface area contributed by atoms with E-state index in [1.54, 1.807) is 36.7 Å². The molecule has 0 bridgehead atoms. The average molecular weight is 569 g/mol. The lowest BCUT2D eigenvalue weighted by molar-refractivity contribution is 0.0746. The number of hydrogen-bond donors (Lipinski definition) is 0. The summed E-state index contributed by atoms with van der Waals surface area (Å²) in [7, 11) is 0. The molecule has 0 saturated carbocycles. The number of para-hydroxylation sites is 1. The molecule has 0 radical (unpaired) electrons. The number of piperazine rings is 1. The SMILES string of the molecule is O=C(c1ccccc1CSc1nnc(-c2cccnc2)n1-c1ccc(F)cc1)N1CCN(c2ccccc2F)CC1. The number of pyridine rings is 1. The van der Waals surface area contributed by atoms with Gasteiger partial charge in [0.15, 0.2) is 11.0 Å². The summed E-state index contributed by atoms with van der Waals surface area (Å²) < 4.78 is 29.8. The van der Waals surface area contributed by atoms with Crippen molar-refractivity contribution in [3.05, 3.63) is 120 Å². The molecule has 3 aromatic carbocycles. The molecule has 0 spiro atoms. The van der Waals surface area contributed by atoms with Gasteiger partial charge < -0.3 is 9.80 Å². The minimum atomic E-state index is -0.332. The summed E-state index contributed by atoms with van der Waals surface area (Å²) >= 11 is 1.45. The van der Waals surface area contributed by atoms with Gasteiger partial charge in [-0.25, -0.2) is 8.78 Å². The van der Waals surface area contributed by atoms with Crippen LogP contribution in [0.3, 0.4) is 0 Å². The van der Waals surface area contributed by atoms with Crippen LogP contribution in [0.15, 0.2) is 102 Å². The zero-order valence-electron chi connectivity index (χ0n) is 22.0. The molecule has 1 aliphatic rings. The van der Waals surface area contributed by atoms with Gasteiger partial charge in [0.2, 0.25) is 0 Å². The second-order valence-corrected chi connectivity index (χ2v) is 10.5. The molecule has 0 atom stereocenters. The van der Waals surface area contributed by atoms with Crippen molar-refractivity contribution in [1.82, 2.24) is 24.6 Å². The second-order valence-electron chi connectivity index (χ2n) is 9.54. The van der Waals surface area contributed by atoms with E-state index in [0.717, 1.165) is 16.8 Å². The van der Waals surface area contributed by atoms with Crippen LogP contribution in [-0.2, 0) is 5.75 Å². The number of aromatic nitrogens is 4. The molecule has 2 aromatic heterocycles. The largest absolute Gasteiger partial charge is 0.366 e. The van der Waals surface area contributed by atoms with Gasteiger partial charge in [-0.3, -0.25) is 14.3 Å². The zero-order chi connectivity index (χ0) is 28.2. The standard InChI is InChI=1S/C31H26F2N6OS/c32-24-11-13-25(14-12-24)39-29(22-7-5-15-34-20-22)35-36-31(39)41-21-23-6-1-2-8-26(23)30(40)38-18-16-37(17-19-38)28-10-4-3-9-27(28)33/h1-15,20H,16-19,21H2. The number of amides is 1. The van der Waals surface area contributed by atoms with Crippen molar-refractivity contribution >= 4 is 23.4 Å². The van der Waals surface area contributed by atoms with Crippen molar-refractivity contribution in [3.63, 3.8) is 0 Å². The van der Waals surface area contributed by atoms with Crippen molar-refractivity contribution in [3.8, 4) is 17.1 Å². The molecule has 1 aliphatic heterocycles. The number of carbonyl (C=O) groups excluding carboxylic acids is 1. The number of rotatable bonds is 7. The topological polar surface area (TPSA) is 67.2 Å². The van der Waals surface area contributed by atoms with E-state index in [-0.39, 0.29) is 17.5 Å². The maximum atomic E-state index is 14.3. The predicted octanol–water partition coefficient (Wildman–Crippen LogP) is 5.86. The number of halogens is 2. The van der Waals surface area contributed by atoms with Crippen LogP contribution >= 0.6 is 11.8 Å². The predicted molar refractivity (Wildman–Crippen MR) is 155 cm³/mol. The van der Waals surface area contributed by atoms with Gasteiger partial charge in [0, 0.05) is 61.1 Å². The van der Waals surface area contributed by atoms with E-state index in [0.29, 0.717) is 54.2 Å². The Hall–Kier alpha value is -4.57. The lowest BCUT2D eigenvalue weighted by Crippen LogP contribution is -2.49. The summed E-state index contributed by atoms with van der Waals surface area (Å²) in [6, 6.07) is 24.2. The Morgan fingerprint density at radius 3 is 2.34 bits per heavy atom. The highest BCUT2D eigenvalue weighted by molar-refractivity contribution is 7.98. The maximum Gasteiger partial charge on any atom is 0.254 e. The van der Waals surface area contributed by atoms with Gasteiger partial charge in [-0.05, 0) is 60.2 Å². The van der Waals surface area contributed by atoms with E-state index in [9.17, 15) is 13.6 Å². The Bertz CT molecular complexity index is 1650. The van der Waals surface area contributed by atoms with Crippen LogP contribution < -0.4 is 4.90 Å². The molecular formula is C31H26F2N6OS. The van der Waals surface area contributed by atoms with Crippen LogP contribution in [0.2, 0.25) is 0 Å². The van der Waals surface area contributed by atoms with Crippen molar-refractivity contribution in [2.45, 2.75) is 10.9 Å². The smallest absolute Gasteiger partial charge is 0.254 e. The molecule has 1 amide bonds. The fraction of sp³-hybridized carbons (Fsp3) is 0.161. The Kier molecular flexibility index (Phi) is 7.73. The fourth-order valence-electron chi connectivity index (χ4n) is 4.89. The third-order valence-electron chi connectivity index (χ3n) is 7.00. The van der Waals surface area contributed by atoms with E-state index in [1.807, 2.05) is 56.8 Å². The summed E-state index contributed by atoms with van der Waals surface area (Å²) in [5, 5.41) is 9.46. The highest BCUT2D eigenvalue weighted by Crippen LogP contribution is 2.31. The number of carbonyl (C=O) groups is 1. The average Bonchev–Trinajstić information content (AvgIpc) is 3.45. The minimum Gasteiger partial charge on any atom is -0.366 e. The van der Waals surface area contributed by atoms with E-state index in [2.05, 4.69) is 15.2 Å². The summed E-state index contributed by atoms with van der Waals surface area (Å²) in [4.78, 5) is 21.6. The lowest BCUT2D eigenvalue weighted by atomic mass is 10.1. The number of anilines is 1. The molecule has 5 aromatic rings. The lowest BCUT2D eigenvalue weighted by Gasteiger charge is -2.36. The van der Waals surface area contributed by atoms with Crippen molar-refractivity contribution in [2.24, 2.45) is 0 Å². The van der Waals surface area contributed by atoms with Crippen LogP contribution in [-0.4, -0.2) is 56.7 Å². The minimum absolute atomic E-state index is 0.0505. The van der Waals surface area contributed by atoms with Gasteiger partial charge in [0.05, 0.1) is 5.69 Å². The van der Waals surface area contributed by atoms with Crippen LogP contribution in [0.5, 0.6) is 0 Å². The van der Waals surface area contributed by atoms with E-state index >= 15 is 0 Å². The Labute approximate surface area is 240 Å². The van der Waals surface area contributed by atoms with E-state index in [4.69, 9.17) is 0 Å². The number of hydrogen-bond acceptors (Lipinski definition) is 6. The Balaban J connectivity index is 1.21. The van der Waals surface area contributed by atoms with Gasteiger partial charge in [0.25, 0.3) is 5.91 Å². The molecule has 0 aliphatic carbocycles. The van der Waals surface area contributed by atoms with Crippen LogP contribution in [0.25, 0.3) is 17.1 Å². The van der Waals surface area contributed by atoms with E-state index < -0.39 is 0 Å². The van der Waals surface area contributed by atoms with Crippen molar-refractivity contribution in [2.75, 3.05) is 31.1 Å². The third kappa shape index (κ3) is 5.69. The highest BCUT2D eigenvalue weighted by atomic mass is 32.2. The van der Waals surface area contributed by atoms with Gasteiger partial charge in [-0.1, -0.05) is 42.1 Å². The molecule has 41 heavy (non-hydrogen) atoms. The molecule has 206 valence electrons. The molecule has 6 rings (SSSR count). The van der Waals surface area contributed by atoms with Gasteiger partial charge in [-0.15, -0.1) is 10.2 Å². The molecule has 7 nitrogen and oxygen atoms in total. The monoisotopic (exact) mass is 568 g/mol. The number of thioether (sulfide) groups is 1.